The van der Waals surface area contributed by atoms with Gasteiger partial charge in [0.2, 0.25) is 11.7 Å². The summed E-state index contributed by atoms with van der Waals surface area (Å²) >= 11 is 0. The van der Waals surface area contributed by atoms with Crippen molar-refractivity contribution >= 4 is 11.6 Å². The Morgan fingerprint density at radius 2 is 2.07 bits per heavy atom. The molecule has 0 spiro atoms. The van der Waals surface area contributed by atoms with E-state index in [1.54, 1.807) is 42.2 Å². The number of halogens is 1. The highest BCUT2D eigenvalue weighted by Gasteiger charge is 2.23. The molecule has 0 saturated heterocycles. The normalized spacial score (nSPS) is 13.3. The molecule has 1 aromatic heterocycles. The minimum Gasteiger partial charge on any atom is -0.485 e. The van der Waals surface area contributed by atoms with Crippen LogP contribution in [-0.2, 0) is 13.0 Å². The number of carbonyl (C=O) groups is 1. The van der Waals surface area contributed by atoms with Gasteiger partial charge in [0.25, 0.3) is 5.91 Å². The van der Waals surface area contributed by atoms with Crippen LogP contribution < -0.4 is 9.64 Å². The maximum Gasteiger partial charge on any atom is 0.258 e. The number of ether oxygens (including phenoxy) is 1. The Morgan fingerprint density at radius 3 is 2.81 bits per heavy atom. The van der Waals surface area contributed by atoms with Crippen molar-refractivity contribution in [3.05, 3.63) is 71.1 Å². The first-order chi connectivity index (χ1) is 13.1. The van der Waals surface area contributed by atoms with E-state index in [0.717, 1.165) is 24.1 Å². The van der Waals surface area contributed by atoms with Crippen LogP contribution in [0, 0.1) is 12.7 Å². The van der Waals surface area contributed by atoms with Gasteiger partial charge in [-0.1, -0.05) is 5.16 Å². The summed E-state index contributed by atoms with van der Waals surface area (Å²) < 4.78 is 24.0. The number of aromatic nitrogens is 2. The Labute approximate surface area is 155 Å². The molecule has 2 heterocycles. The minimum atomic E-state index is -0.277. The number of rotatable bonds is 4. The molecule has 138 valence electrons. The first-order valence-corrected chi connectivity index (χ1v) is 8.72. The van der Waals surface area contributed by atoms with Gasteiger partial charge in [-0.15, -0.1) is 0 Å². The lowest BCUT2D eigenvalue weighted by molar-refractivity contribution is 0.0985. The Bertz CT molecular complexity index is 969. The number of benzene rings is 2. The van der Waals surface area contributed by atoms with Gasteiger partial charge in [0.1, 0.15) is 11.6 Å². The van der Waals surface area contributed by atoms with Gasteiger partial charge in [0.15, 0.2) is 6.61 Å². The van der Waals surface area contributed by atoms with Crippen molar-refractivity contribution in [2.45, 2.75) is 26.4 Å². The first kappa shape index (κ1) is 17.2. The summed E-state index contributed by atoms with van der Waals surface area (Å²) in [6.07, 6.45) is 1.59. The molecule has 1 aliphatic heterocycles. The molecular weight excluding hydrogens is 349 g/mol. The lowest BCUT2D eigenvalue weighted by Gasteiger charge is -2.29. The predicted octanol–water partition coefficient (Wildman–Crippen LogP) is 3.69. The van der Waals surface area contributed by atoms with Crippen LogP contribution in [-0.4, -0.2) is 22.6 Å². The molecular formula is C20H18FN3O3. The second kappa shape index (κ2) is 7.19. The Hall–Kier alpha value is -3.22. The average molecular weight is 367 g/mol. The second-order valence-corrected chi connectivity index (χ2v) is 6.38. The van der Waals surface area contributed by atoms with Crippen molar-refractivity contribution in [3.63, 3.8) is 0 Å². The average Bonchev–Trinajstić information content (AvgIpc) is 3.11. The van der Waals surface area contributed by atoms with E-state index in [4.69, 9.17) is 9.26 Å². The van der Waals surface area contributed by atoms with Crippen molar-refractivity contribution in [1.82, 2.24) is 10.1 Å². The number of nitrogens with zero attached hydrogens (tertiary/aromatic N) is 3. The number of hydrogen-bond donors (Lipinski definition) is 0. The van der Waals surface area contributed by atoms with Gasteiger partial charge < -0.3 is 14.2 Å². The highest BCUT2D eigenvalue weighted by Crippen LogP contribution is 2.29. The molecule has 0 bridgehead atoms. The quantitative estimate of drug-likeness (QED) is 0.703. The summed E-state index contributed by atoms with van der Waals surface area (Å²) in [5, 5.41) is 3.77. The molecule has 0 fully saturated rings. The standard InChI is InChI=1S/C20H18FN3O3/c1-13-22-19(23-27-13)12-26-17-7-4-14(5-8-17)20(25)24-10-2-3-15-11-16(21)6-9-18(15)24/h4-9,11H,2-3,10,12H2,1H3. The van der Waals surface area contributed by atoms with Crippen LogP contribution >= 0.6 is 0 Å². The molecule has 3 aromatic rings. The van der Waals surface area contributed by atoms with E-state index in [1.165, 1.54) is 12.1 Å². The van der Waals surface area contributed by atoms with Gasteiger partial charge in [0.05, 0.1) is 0 Å². The molecule has 1 aliphatic rings. The van der Waals surface area contributed by atoms with Crippen LogP contribution in [0.25, 0.3) is 0 Å². The number of fused-ring (bicyclic) bond motifs is 1. The molecule has 4 rings (SSSR count). The van der Waals surface area contributed by atoms with Gasteiger partial charge in [-0.05, 0) is 60.9 Å². The zero-order chi connectivity index (χ0) is 18.8. The van der Waals surface area contributed by atoms with Crippen LogP contribution in [0.3, 0.4) is 0 Å². The topological polar surface area (TPSA) is 68.5 Å². The molecule has 6 nitrogen and oxygen atoms in total. The number of amides is 1. The zero-order valence-corrected chi connectivity index (χ0v) is 14.8. The number of aryl methyl sites for hydroxylation is 2. The minimum absolute atomic E-state index is 0.108. The Balaban J connectivity index is 1.47. The number of carbonyl (C=O) groups excluding carboxylic acids is 1. The summed E-state index contributed by atoms with van der Waals surface area (Å²) in [4.78, 5) is 18.7. The molecule has 0 radical (unpaired) electrons. The van der Waals surface area contributed by atoms with Gasteiger partial charge in [-0.3, -0.25) is 4.79 Å². The van der Waals surface area contributed by atoms with Crippen molar-refractivity contribution in [3.8, 4) is 5.75 Å². The molecule has 0 saturated carbocycles. The van der Waals surface area contributed by atoms with Gasteiger partial charge in [-0.2, -0.15) is 4.98 Å². The van der Waals surface area contributed by atoms with E-state index in [2.05, 4.69) is 10.1 Å². The Kier molecular flexibility index (Phi) is 4.58. The van der Waals surface area contributed by atoms with Crippen LogP contribution in [0.5, 0.6) is 5.75 Å². The lowest BCUT2D eigenvalue weighted by atomic mass is 10.0. The monoisotopic (exact) mass is 367 g/mol. The molecule has 27 heavy (non-hydrogen) atoms. The maximum absolute atomic E-state index is 13.5. The van der Waals surface area contributed by atoms with E-state index in [9.17, 15) is 9.18 Å². The highest BCUT2D eigenvalue weighted by atomic mass is 19.1. The number of hydrogen-bond acceptors (Lipinski definition) is 5. The summed E-state index contributed by atoms with van der Waals surface area (Å²) in [5.74, 6) is 1.17. The zero-order valence-electron chi connectivity index (χ0n) is 14.8. The van der Waals surface area contributed by atoms with Gasteiger partial charge >= 0.3 is 0 Å². The van der Waals surface area contributed by atoms with Crippen LogP contribution in [0.1, 0.15) is 34.1 Å². The van der Waals surface area contributed by atoms with E-state index in [0.29, 0.717) is 29.6 Å². The molecule has 2 aromatic carbocycles. The smallest absolute Gasteiger partial charge is 0.258 e. The SMILES string of the molecule is Cc1nc(COc2ccc(C(=O)N3CCCc4cc(F)ccc43)cc2)no1. The summed E-state index contributed by atoms with van der Waals surface area (Å²) in [6.45, 7) is 2.52. The van der Waals surface area contributed by atoms with Crippen LogP contribution in [0.4, 0.5) is 10.1 Å². The van der Waals surface area contributed by atoms with E-state index in [-0.39, 0.29) is 18.3 Å². The van der Waals surface area contributed by atoms with Crippen molar-refractivity contribution in [1.29, 1.82) is 0 Å². The Morgan fingerprint density at radius 1 is 1.26 bits per heavy atom. The lowest BCUT2D eigenvalue weighted by Crippen LogP contribution is -2.35. The fraction of sp³-hybridized carbons (Fsp3) is 0.250. The highest BCUT2D eigenvalue weighted by molar-refractivity contribution is 6.06. The van der Waals surface area contributed by atoms with E-state index >= 15 is 0 Å². The second-order valence-electron chi connectivity index (χ2n) is 6.38. The fourth-order valence-electron chi connectivity index (χ4n) is 3.17. The third-order valence-corrected chi connectivity index (χ3v) is 4.44. The molecule has 1 amide bonds. The largest absolute Gasteiger partial charge is 0.485 e. The molecule has 7 heteroatoms. The summed E-state index contributed by atoms with van der Waals surface area (Å²) in [5.41, 5.74) is 2.19. The first-order valence-electron chi connectivity index (χ1n) is 8.72. The summed E-state index contributed by atoms with van der Waals surface area (Å²) in [7, 11) is 0. The maximum atomic E-state index is 13.5. The molecule has 0 N–H and O–H groups in total. The molecule has 0 unspecified atom stereocenters. The third kappa shape index (κ3) is 3.67. The number of anilines is 1. The summed E-state index contributed by atoms with van der Waals surface area (Å²) in [6, 6.07) is 11.5. The van der Waals surface area contributed by atoms with Crippen molar-refractivity contribution in [2.75, 3.05) is 11.4 Å². The van der Waals surface area contributed by atoms with E-state index in [1.807, 2.05) is 0 Å². The van der Waals surface area contributed by atoms with Gasteiger partial charge in [-0.25, -0.2) is 4.39 Å². The molecule has 0 atom stereocenters. The van der Waals surface area contributed by atoms with Crippen molar-refractivity contribution in [2.24, 2.45) is 0 Å². The van der Waals surface area contributed by atoms with Gasteiger partial charge in [0, 0.05) is 24.7 Å². The van der Waals surface area contributed by atoms with E-state index < -0.39 is 0 Å². The van der Waals surface area contributed by atoms with Crippen molar-refractivity contribution < 1.29 is 18.4 Å². The van der Waals surface area contributed by atoms with Crippen LogP contribution in [0.2, 0.25) is 0 Å². The third-order valence-electron chi connectivity index (χ3n) is 4.44. The predicted molar refractivity (Wildman–Crippen MR) is 96.2 cm³/mol. The molecule has 0 aliphatic carbocycles. The van der Waals surface area contributed by atoms with Crippen LogP contribution in [0.15, 0.2) is 47.0 Å². The fourth-order valence-corrected chi connectivity index (χ4v) is 3.17.